The Kier molecular flexibility index (Phi) is 3.80. The summed E-state index contributed by atoms with van der Waals surface area (Å²) in [5.41, 5.74) is 0.688. The predicted octanol–water partition coefficient (Wildman–Crippen LogP) is 4.25. The highest BCUT2D eigenvalue weighted by Gasteiger charge is 2.07. The Labute approximate surface area is 116 Å². The Morgan fingerprint density at radius 3 is 2.83 bits per heavy atom. The van der Waals surface area contributed by atoms with Crippen molar-refractivity contribution in [2.45, 2.75) is 0 Å². The maximum atomic E-state index is 13.0. The Morgan fingerprint density at radius 1 is 1.39 bits per heavy atom. The van der Waals surface area contributed by atoms with Crippen LogP contribution < -0.4 is 5.32 Å². The van der Waals surface area contributed by atoms with E-state index in [0.717, 1.165) is 6.07 Å². The largest absolute Gasteiger partial charge is 0.338 e. The number of benzene rings is 1. The minimum atomic E-state index is -0.458. The van der Waals surface area contributed by atoms with Gasteiger partial charge in [0.2, 0.25) is 0 Å². The van der Waals surface area contributed by atoms with Gasteiger partial charge in [0.1, 0.15) is 17.7 Å². The van der Waals surface area contributed by atoms with Crippen LogP contribution in [0.2, 0.25) is 5.02 Å². The molecule has 0 bridgehead atoms. The predicted molar refractivity (Wildman–Crippen MR) is 71.3 cm³/mol. The number of aromatic nitrogens is 1. The van der Waals surface area contributed by atoms with Crippen LogP contribution in [-0.2, 0) is 0 Å². The summed E-state index contributed by atoms with van der Waals surface area (Å²) in [6.45, 7) is 0. The third kappa shape index (κ3) is 2.78. The van der Waals surface area contributed by atoms with Gasteiger partial charge in [0, 0.05) is 6.20 Å². The van der Waals surface area contributed by atoms with Crippen LogP contribution in [0.5, 0.6) is 0 Å². The van der Waals surface area contributed by atoms with Gasteiger partial charge in [-0.25, -0.2) is 9.37 Å². The fourth-order valence-corrected chi connectivity index (χ4v) is 2.09. The average Bonchev–Trinajstić information content (AvgIpc) is 2.34. The first-order valence-electron chi connectivity index (χ1n) is 4.88. The molecule has 3 nitrogen and oxygen atoms in total. The smallest absolute Gasteiger partial charge is 0.144 e. The average molecular weight is 327 g/mol. The molecular formula is C12H6BrClFN3. The molecule has 0 saturated heterocycles. The number of anilines is 2. The van der Waals surface area contributed by atoms with Gasteiger partial charge in [0.25, 0.3) is 0 Å². The van der Waals surface area contributed by atoms with Crippen molar-refractivity contribution in [1.29, 1.82) is 5.26 Å². The minimum Gasteiger partial charge on any atom is -0.338 e. The summed E-state index contributed by atoms with van der Waals surface area (Å²) < 4.78 is 13.6. The first-order chi connectivity index (χ1) is 8.60. The van der Waals surface area contributed by atoms with Gasteiger partial charge < -0.3 is 5.32 Å². The van der Waals surface area contributed by atoms with Gasteiger partial charge in [-0.15, -0.1) is 0 Å². The van der Waals surface area contributed by atoms with E-state index in [9.17, 15) is 4.39 Å². The highest BCUT2D eigenvalue weighted by atomic mass is 79.9. The first kappa shape index (κ1) is 12.8. The molecule has 0 aliphatic rings. The van der Waals surface area contributed by atoms with Crippen molar-refractivity contribution in [3.8, 4) is 6.07 Å². The molecule has 90 valence electrons. The third-order valence-corrected chi connectivity index (χ3v) is 2.97. The number of hydrogen-bond donors (Lipinski definition) is 1. The molecule has 2 aromatic rings. The minimum absolute atomic E-state index is 0.207. The van der Waals surface area contributed by atoms with Crippen LogP contribution in [0.4, 0.5) is 15.9 Å². The zero-order chi connectivity index (χ0) is 13.1. The van der Waals surface area contributed by atoms with E-state index in [1.165, 1.54) is 18.3 Å². The third-order valence-electron chi connectivity index (χ3n) is 2.16. The van der Waals surface area contributed by atoms with Gasteiger partial charge in [0.15, 0.2) is 0 Å². The maximum Gasteiger partial charge on any atom is 0.144 e. The van der Waals surface area contributed by atoms with Gasteiger partial charge in [-0.1, -0.05) is 11.6 Å². The number of nitrogens with zero attached hydrogens (tertiary/aromatic N) is 2. The Balaban J connectivity index is 2.37. The molecule has 1 aromatic carbocycles. The molecule has 1 N–H and O–H groups in total. The zero-order valence-electron chi connectivity index (χ0n) is 8.92. The van der Waals surface area contributed by atoms with Crippen LogP contribution in [-0.4, -0.2) is 4.98 Å². The van der Waals surface area contributed by atoms with Gasteiger partial charge >= 0.3 is 0 Å². The van der Waals surface area contributed by atoms with Gasteiger partial charge in [0.05, 0.1) is 20.7 Å². The SMILES string of the molecule is N#Cc1cc(F)ccc1Nc1ncc(Cl)cc1Br. The molecule has 18 heavy (non-hydrogen) atoms. The molecule has 0 saturated carbocycles. The standard InChI is InChI=1S/C12H6BrClFN3/c13-10-4-8(14)6-17-12(10)18-11-2-1-9(15)3-7(11)5-16/h1-4,6H,(H,17,18). The molecule has 0 aliphatic carbocycles. The van der Waals surface area contributed by atoms with Crippen molar-refractivity contribution in [3.63, 3.8) is 0 Å². The second kappa shape index (κ2) is 5.34. The van der Waals surface area contributed by atoms with Gasteiger partial charge in [-0.05, 0) is 40.2 Å². The number of rotatable bonds is 2. The van der Waals surface area contributed by atoms with Crippen molar-refractivity contribution in [2.24, 2.45) is 0 Å². The van der Waals surface area contributed by atoms with Crippen LogP contribution >= 0.6 is 27.5 Å². The second-order valence-corrected chi connectivity index (χ2v) is 4.70. The summed E-state index contributed by atoms with van der Waals surface area (Å²) >= 11 is 9.08. The quantitative estimate of drug-likeness (QED) is 0.897. The van der Waals surface area contributed by atoms with Crippen molar-refractivity contribution >= 4 is 39.0 Å². The molecule has 0 radical (unpaired) electrons. The summed E-state index contributed by atoms with van der Waals surface area (Å²) in [6.07, 6.45) is 1.48. The van der Waals surface area contributed by atoms with Crippen LogP contribution in [0.1, 0.15) is 5.56 Å². The molecule has 0 amide bonds. The van der Waals surface area contributed by atoms with Crippen LogP contribution in [0.25, 0.3) is 0 Å². The van der Waals surface area contributed by atoms with Crippen LogP contribution in [0.15, 0.2) is 34.9 Å². The number of nitrogens with one attached hydrogen (secondary N) is 1. The second-order valence-electron chi connectivity index (χ2n) is 3.41. The highest BCUT2D eigenvalue weighted by Crippen LogP contribution is 2.27. The summed E-state index contributed by atoms with van der Waals surface area (Å²) in [4.78, 5) is 4.08. The summed E-state index contributed by atoms with van der Waals surface area (Å²) in [6, 6.07) is 7.50. The van der Waals surface area contributed by atoms with Gasteiger partial charge in [-0.2, -0.15) is 5.26 Å². The van der Waals surface area contributed by atoms with E-state index in [1.54, 1.807) is 6.07 Å². The van der Waals surface area contributed by atoms with Gasteiger partial charge in [-0.3, -0.25) is 0 Å². The first-order valence-corrected chi connectivity index (χ1v) is 6.05. The number of hydrogen-bond acceptors (Lipinski definition) is 3. The van der Waals surface area contributed by atoms with E-state index in [4.69, 9.17) is 16.9 Å². The molecular weight excluding hydrogens is 321 g/mol. The molecule has 1 heterocycles. The van der Waals surface area contributed by atoms with Crippen LogP contribution in [0.3, 0.4) is 0 Å². The normalized spacial score (nSPS) is 9.89. The van der Waals surface area contributed by atoms with E-state index >= 15 is 0 Å². The maximum absolute atomic E-state index is 13.0. The summed E-state index contributed by atoms with van der Waals surface area (Å²) in [5.74, 6) is 0.0442. The summed E-state index contributed by atoms with van der Waals surface area (Å²) in [7, 11) is 0. The topological polar surface area (TPSA) is 48.7 Å². The molecule has 6 heteroatoms. The fraction of sp³-hybridized carbons (Fsp3) is 0. The van der Waals surface area contributed by atoms with Crippen molar-refractivity contribution < 1.29 is 4.39 Å². The molecule has 0 spiro atoms. The Morgan fingerprint density at radius 2 is 2.17 bits per heavy atom. The monoisotopic (exact) mass is 325 g/mol. The lowest BCUT2D eigenvalue weighted by Crippen LogP contribution is -1.97. The van der Waals surface area contributed by atoms with E-state index in [2.05, 4.69) is 26.2 Å². The van der Waals surface area contributed by atoms with Crippen molar-refractivity contribution in [3.05, 3.63) is 51.3 Å². The number of pyridine rings is 1. The Hall–Kier alpha value is -1.64. The lowest BCUT2D eigenvalue weighted by molar-refractivity contribution is 0.627. The zero-order valence-corrected chi connectivity index (χ0v) is 11.3. The van der Waals surface area contributed by atoms with E-state index in [0.29, 0.717) is 21.0 Å². The fourth-order valence-electron chi connectivity index (χ4n) is 1.35. The molecule has 0 atom stereocenters. The molecule has 0 aliphatic heterocycles. The van der Waals surface area contributed by atoms with Crippen molar-refractivity contribution in [2.75, 3.05) is 5.32 Å². The Bertz CT molecular complexity index is 640. The number of halogens is 3. The van der Waals surface area contributed by atoms with E-state index < -0.39 is 5.82 Å². The van der Waals surface area contributed by atoms with Crippen LogP contribution in [0, 0.1) is 17.1 Å². The number of nitriles is 1. The molecule has 2 rings (SSSR count). The lowest BCUT2D eigenvalue weighted by atomic mass is 10.2. The summed E-state index contributed by atoms with van der Waals surface area (Å²) in [5, 5.41) is 12.4. The van der Waals surface area contributed by atoms with E-state index in [1.807, 2.05) is 6.07 Å². The molecule has 0 fully saturated rings. The van der Waals surface area contributed by atoms with Crippen molar-refractivity contribution in [1.82, 2.24) is 4.98 Å². The lowest BCUT2D eigenvalue weighted by Gasteiger charge is -2.09. The molecule has 1 aromatic heterocycles. The molecule has 0 unspecified atom stereocenters. The highest BCUT2D eigenvalue weighted by molar-refractivity contribution is 9.10. The van der Waals surface area contributed by atoms with E-state index in [-0.39, 0.29) is 5.56 Å².